The molecule has 1 heterocycles. The predicted molar refractivity (Wildman–Crippen MR) is 88.4 cm³/mol. The van der Waals surface area contributed by atoms with E-state index in [2.05, 4.69) is 35.8 Å². The van der Waals surface area contributed by atoms with Gasteiger partial charge in [0.05, 0.1) is 11.0 Å². The molecule has 1 fully saturated rings. The summed E-state index contributed by atoms with van der Waals surface area (Å²) in [4.78, 5) is 4.87. The summed E-state index contributed by atoms with van der Waals surface area (Å²) in [6, 6.07) is 8.75. The molecule has 1 aromatic carbocycles. The van der Waals surface area contributed by atoms with Gasteiger partial charge in [0.25, 0.3) is 0 Å². The van der Waals surface area contributed by atoms with Crippen LogP contribution in [-0.2, 0) is 6.42 Å². The van der Waals surface area contributed by atoms with Gasteiger partial charge >= 0.3 is 0 Å². The minimum absolute atomic E-state index is 0.318. The van der Waals surface area contributed by atoms with Crippen molar-refractivity contribution in [3.8, 4) is 0 Å². The lowest BCUT2D eigenvalue weighted by Gasteiger charge is -2.22. The molecule has 0 aliphatic heterocycles. The summed E-state index contributed by atoms with van der Waals surface area (Å²) < 4.78 is 2.36. The second kappa shape index (κ2) is 6.61. The largest absolute Gasteiger partial charge is 0.328 e. The van der Waals surface area contributed by atoms with Crippen LogP contribution in [0.15, 0.2) is 24.3 Å². The van der Waals surface area contributed by atoms with Gasteiger partial charge in [-0.25, -0.2) is 4.98 Å². The van der Waals surface area contributed by atoms with Crippen molar-refractivity contribution in [2.45, 2.75) is 57.9 Å². The molecule has 3 rings (SSSR count). The van der Waals surface area contributed by atoms with Gasteiger partial charge in [0.2, 0.25) is 0 Å². The molecular formula is C18H27N3. The van der Waals surface area contributed by atoms with Crippen molar-refractivity contribution >= 4 is 11.0 Å². The van der Waals surface area contributed by atoms with Gasteiger partial charge in [-0.3, -0.25) is 0 Å². The first-order chi connectivity index (χ1) is 10.3. The molecule has 1 aliphatic rings. The van der Waals surface area contributed by atoms with Crippen molar-refractivity contribution in [3.63, 3.8) is 0 Å². The second-order valence-corrected chi connectivity index (χ2v) is 6.51. The summed E-state index contributed by atoms with van der Waals surface area (Å²) in [5.74, 6) is 2.12. The Hall–Kier alpha value is -1.35. The van der Waals surface area contributed by atoms with Crippen LogP contribution in [0.2, 0.25) is 0 Å². The van der Waals surface area contributed by atoms with E-state index in [1.54, 1.807) is 0 Å². The molecule has 21 heavy (non-hydrogen) atoms. The van der Waals surface area contributed by atoms with E-state index >= 15 is 0 Å². The molecule has 114 valence electrons. The normalized spacial score (nSPS) is 18.2. The Morgan fingerprint density at radius 1 is 1.24 bits per heavy atom. The number of hydrogen-bond acceptors (Lipinski definition) is 2. The Morgan fingerprint density at radius 3 is 2.76 bits per heavy atom. The van der Waals surface area contributed by atoms with Gasteiger partial charge in [-0.05, 0) is 31.4 Å². The lowest BCUT2D eigenvalue weighted by molar-refractivity contribution is 0.335. The van der Waals surface area contributed by atoms with Crippen molar-refractivity contribution in [3.05, 3.63) is 30.1 Å². The van der Waals surface area contributed by atoms with Gasteiger partial charge in [-0.15, -0.1) is 0 Å². The van der Waals surface area contributed by atoms with Crippen LogP contribution in [0.5, 0.6) is 0 Å². The van der Waals surface area contributed by atoms with Gasteiger partial charge in [0, 0.05) is 19.0 Å². The average molecular weight is 285 g/mol. The maximum absolute atomic E-state index is 5.91. The second-order valence-electron chi connectivity index (χ2n) is 6.51. The number of para-hydroxylation sites is 2. The number of aromatic nitrogens is 2. The number of nitrogens with two attached hydrogens (primary N) is 1. The van der Waals surface area contributed by atoms with Crippen molar-refractivity contribution in [2.24, 2.45) is 11.7 Å². The van der Waals surface area contributed by atoms with Crippen LogP contribution < -0.4 is 5.73 Å². The molecule has 1 saturated carbocycles. The van der Waals surface area contributed by atoms with E-state index in [0.717, 1.165) is 17.9 Å². The molecule has 0 radical (unpaired) electrons. The first-order valence-corrected chi connectivity index (χ1v) is 8.45. The van der Waals surface area contributed by atoms with E-state index in [4.69, 9.17) is 10.7 Å². The highest BCUT2D eigenvalue weighted by atomic mass is 15.1. The minimum Gasteiger partial charge on any atom is -0.328 e. The van der Waals surface area contributed by atoms with Gasteiger partial charge in [-0.2, -0.15) is 0 Å². The van der Waals surface area contributed by atoms with E-state index < -0.39 is 0 Å². The number of aryl methyl sites for hydroxylation is 1. The highest BCUT2D eigenvalue weighted by Crippen LogP contribution is 2.29. The molecule has 0 amide bonds. The van der Waals surface area contributed by atoms with E-state index in [9.17, 15) is 0 Å². The SMILES string of the molecule is CC(CN)n1c(CCC2CCCCC2)nc2ccccc21. The zero-order chi connectivity index (χ0) is 14.7. The molecule has 1 unspecified atom stereocenters. The van der Waals surface area contributed by atoms with Crippen molar-refractivity contribution in [1.29, 1.82) is 0 Å². The maximum Gasteiger partial charge on any atom is 0.110 e. The summed E-state index contributed by atoms with van der Waals surface area (Å²) in [5.41, 5.74) is 8.25. The van der Waals surface area contributed by atoms with Crippen LogP contribution in [-0.4, -0.2) is 16.1 Å². The third-order valence-corrected chi connectivity index (χ3v) is 4.95. The number of nitrogens with zero attached hydrogens (tertiary/aromatic N) is 2. The molecule has 3 heteroatoms. The number of hydrogen-bond donors (Lipinski definition) is 1. The van der Waals surface area contributed by atoms with Crippen molar-refractivity contribution in [1.82, 2.24) is 9.55 Å². The molecule has 0 spiro atoms. The molecule has 2 aromatic rings. The third kappa shape index (κ3) is 3.13. The van der Waals surface area contributed by atoms with Gasteiger partial charge < -0.3 is 10.3 Å². The smallest absolute Gasteiger partial charge is 0.110 e. The highest BCUT2D eigenvalue weighted by Gasteiger charge is 2.18. The topological polar surface area (TPSA) is 43.8 Å². The summed E-state index contributed by atoms with van der Waals surface area (Å²) >= 11 is 0. The number of rotatable bonds is 5. The monoisotopic (exact) mass is 285 g/mol. The van der Waals surface area contributed by atoms with Gasteiger partial charge in [-0.1, -0.05) is 44.2 Å². The number of benzene rings is 1. The zero-order valence-corrected chi connectivity index (χ0v) is 13.1. The van der Waals surface area contributed by atoms with E-state index in [0.29, 0.717) is 12.6 Å². The lowest BCUT2D eigenvalue weighted by atomic mass is 9.86. The molecular weight excluding hydrogens is 258 g/mol. The Bertz CT molecular complexity index is 581. The highest BCUT2D eigenvalue weighted by molar-refractivity contribution is 5.76. The molecule has 0 bridgehead atoms. The summed E-state index contributed by atoms with van der Waals surface area (Å²) in [7, 11) is 0. The molecule has 1 aromatic heterocycles. The van der Waals surface area contributed by atoms with Crippen molar-refractivity contribution in [2.75, 3.05) is 6.54 Å². The Kier molecular flexibility index (Phi) is 4.59. The van der Waals surface area contributed by atoms with Gasteiger partial charge in [0.1, 0.15) is 5.82 Å². The molecule has 1 aliphatic carbocycles. The van der Waals surface area contributed by atoms with E-state index in [1.807, 2.05) is 0 Å². The molecule has 2 N–H and O–H groups in total. The molecule has 0 saturated heterocycles. The quantitative estimate of drug-likeness (QED) is 0.900. The number of imidazole rings is 1. The minimum atomic E-state index is 0.318. The molecule has 3 nitrogen and oxygen atoms in total. The first-order valence-electron chi connectivity index (χ1n) is 8.45. The summed E-state index contributed by atoms with van der Waals surface area (Å²) in [6.07, 6.45) is 9.45. The predicted octanol–water partition coefficient (Wildman–Crippen LogP) is 4.07. The summed E-state index contributed by atoms with van der Waals surface area (Å²) in [6.45, 7) is 2.86. The van der Waals surface area contributed by atoms with Crippen LogP contribution >= 0.6 is 0 Å². The van der Waals surface area contributed by atoms with Crippen LogP contribution in [0.3, 0.4) is 0 Å². The first kappa shape index (κ1) is 14.6. The van der Waals surface area contributed by atoms with E-state index in [1.165, 1.54) is 49.9 Å². The van der Waals surface area contributed by atoms with Crippen molar-refractivity contribution < 1.29 is 0 Å². The van der Waals surface area contributed by atoms with Crippen LogP contribution in [0.25, 0.3) is 11.0 Å². The standard InChI is InChI=1S/C18H27N3/c1-14(13-19)21-17-10-6-5-9-16(17)20-18(21)12-11-15-7-3-2-4-8-15/h5-6,9-10,14-15H,2-4,7-8,11-13,19H2,1H3. The fourth-order valence-electron chi connectivity index (χ4n) is 3.68. The number of fused-ring (bicyclic) bond motifs is 1. The fourth-order valence-corrected chi connectivity index (χ4v) is 3.68. The van der Waals surface area contributed by atoms with Gasteiger partial charge in [0.15, 0.2) is 0 Å². The summed E-state index contributed by atoms with van der Waals surface area (Å²) in [5, 5.41) is 0. The zero-order valence-electron chi connectivity index (χ0n) is 13.1. The average Bonchev–Trinajstić information content (AvgIpc) is 2.91. The Labute approximate surface area is 127 Å². The third-order valence-electron chi connectivity index (χ3n) is 4.95. The molecule has 1 atom stereocenters. The maximum atomic E-state index is 5.91. The van der Waals surface area contributed by atoms with Crippen LogP contribution in [0.4, 0.5) is 0 Å². The van der Waals surface area contributed by atoms with Crippen LogP contribution in [0, 0.1) is 5.92 Å². The lowest BCUT2D eigenvalue weighted by Crippen LogP contribution is -2.19. The fraction of sp³-hybridized carbons (Fsp3) is 0.611. The Balaban J connectivity index is 1.82. The Morgan fingerprint density at radius 2 is 2.00 bits per heavy atom. The van der Waals surface area contributed by atoms with Crippen LogP contribution in [0.1, 0.15) is 57.3 Å². The van der Waals surface area contributed by atoms with E-state index in [-0.39, 0.29) is 0 Å².